The number of nitrogens with zero attached hydrogens (tertiary/aromatic N) is 1. The van der Waals surface area contributed by atoms with Gasteiger partial charge in [-0.05, 0) is 38.7 Å². The summed E-state index contributed by atoms with van der Waals surface area (Å²) in [6, 6.07) is 4.71. The zero-order valence-corrected chi connectivity index (χ0v) is 18.1. The Labute approximate surface area is 175 Å². The summed E-state index contributed by atoms with van der Waals surface area (Å²) in [4.78, 5) is -0.0310. The van der Waals surface area contributed by atoms with Crippen molar-refractivity contribution in [1.82, 2.24) is 10.4 Å². The monoisotopic (exact) mass is 457 g/mol. The number of hydroxylamine groups is 2. The van der Waals surface area contributed by atoms with Gasteiger partial charge in [-0.1, -0.05) is 24.6 Å². The van der Waals surface area contributed by atoms with Gasteiger partial charge in [0.25, 0.3) is 0 Å². The molecule has 2 bridgehead atoms. The minimum atomic E-state index is -5.04. The van der Waals surface area contributed by atoms with E-state index in [4.69, 9.17) is 14.4 Å². The fourth-order valence-corrected chi connectivity index (χ4v) is 6.55. The number of amidine groups is 1. The molecular formula is C18H23N3O7S2. The summed E-state index contributed by atoms with van der Waals surface area (Å²) in [6.45, 7) is 3.99. The van der Waals surface area contributed by atoms with Crippen LogP contribution in [0.25, 0.3) is 0 Å². The number of ether oxygens (including phenoxy) is 1. The molecule has 4 rings (SSSR count). The second-order valence-electron chi connectivity index (χ2n) is 7.68. The number of rotatable bonds is 4. The molecule has 1 aromatic rings. The van der Waals surface area contributed by atoms with Gasteiger partial charge in [-0.2, -0.15) is 13.5 Å². The molecule has 1 fully saturated rings. The molecule has 1 saturated heterocycles. The molecule has 3 aliphatic rings. The van der Waals surface area contributed by atoms with Crippen molar-refractivity contribution >= 4 is 26.1 Å². The number of fused-ring (bicyclic) bond motifs is 4. The van der Waals surface area contributed by atoms with E-state index in [1.807, 2.05) is 6.92 Å². The van der Waals surface area contributed by atoms with Crippen LogP contribution in [0.5, 0.6) is 0 Å². The number of nitrogens with one attached hydrogen (secondary N) is 2. The Kier molecular flexibility index (Phi) is 4.78. The standard InChI is InChI=1S/C18H23N3O7S2/c1-3-17(8-4-5-9-27-17)18-13-10-12(2)6-7-14(13)29(22,23)16(20-18)11-15(19)21(18)28-30(24,25)26/h6-7,10-11,19-20H,3-5,8-9H2,1-2H3,(H,24,25,26). The molecule has 0 aliphatic carbocycles. The molecule has 3 heterocycles. The Morgan fingerprint density at radius 2 is 2.10 bits per heavy atom. The molecule has 2 atom stereocenters. The van der Waals surface area contributed by atoms with Crippen LogP contribution < -0.4 is 5.32 Å². The molecule has 0 amide bonds. The number of aryl methyl sites for hydroxylation is 1. The third-order valence-electron chi connectivity index (χ3n) is 5.95. The van der Waals surface area contributed by atoms with Gasteiger partial charge in [-0.3, -0.25) is 9.96 Å². The first-order valence-electron chi connectivity index (χ1n) is 9.53. The van der Waals surface area contributed by atoms with Crippen molar-refractivity contribution in [3.05, 3.63) is 40.4 Å². The van der Waals surface area contributed by atoms with Gasteiger partial charge in [0.2, 0.25) is 9.84 Å². The van der Waals surface area contributed by atoms with Crippen molar-refractivity contribution in [2.24, 2.45) is 0 Å². The molecule has 10 nitrogen and oxygen atoms in total. The Morgan fingerprint density at radius 3 is 2.70 bits per heavy atom. The van der Waals surface area contributed by atoms with Crippen LogP contribution in [-0.2, 0) is 34.9 Å². The molecule has 0 radical (unpaired) electrons. The summed E-state index contributed by atoms with van der Waals surface area (Å²) in [7, 11) is -9.02. The zero-order valence-electron chi connectivity index (χ0n) is 16.5. The SMILES string of the molecule is CCC1(C23NC(=CC(=N)N2OS(=O)(=O)O)S(=O)(=O)c2ccc(C)cc23)CCCCO1. The van der Waals surface area contributed by atoms with E-state index in [9.17, 15) is 21.4 Å². The van der Waals surface area contributed by atoms with E-state index >= 15 is 0 Å². The maximum atomic E-state index is 13.2. The summed E-state index contributed by atoms with van der Waals surface area (Å²) in [5.41, 5.74) is -1.91. The van der Waals surface area contributed by atoms with Crippen LogP contribution in [0.2, 0.25) is 0 Å². The largest absolute Gasteiger partial charge is 0.418 e. The first-order valence-corrected chi connectivity index (χ1v) is 12.4. The average molecular weight is 458 g/mol. The van der Waals surface area contributed by atoms with Gasteiger partial charge >= 0.3 is 10.4 Å². The number of sulfone groups is 1. The molecular weight excluding hydrogens is 434 g/mol. The van der Waals surface area contributed by atoms with Crippen LogP contribution in [0.4, 0.5) is 0 Å². The van der Waals surface area contributed by atoms with Crippen LogP contribution in [0.1, 0.15) is 43.7 Å². The van der Waals surface area contributed by atoms with Gasteiger partial charge in [0.1, 0.15) is 10.6 Å². The lowest BCUT2D eigenvalue weighted by atomic mass is 9.73. The Balaban J connectivity index is 2.13. The van der Waals surface area contributed by atoms with E-state index < -0.39 is 37.3 Å². The number of hydrogen-bond acceptors (Lipinski definition) is 8. The lowest BCUT2D eigenvalue weighted by molar-refractivity contribution is -0.236. The Hall–Kier alpha value is -1.99. The van der Waals surface area contributed by atoms with E-state index in [-0.39, 0.29) is 15.5 Å². The minimum Gasteiger partial charge on any atom is -0.370 e. The normalized spacial score (nSPS) is 30.3. The van der Waals surface area contributed by atoms with Gasteiger partial charge in [-0.15, -0.1) is 4.28 Å². The van der Waals surface area contributed by atoms with Crippen molar-refractivity contribution in [3.63, 3.8) is 0 Å². The van der Waals surface area contributed by atoms with Gasteiger partial charge in [-0.25, -0.2) is 8.42 Å². The van der Waals surface area contributed by atoms with Crippen molar-refractivity contribution in [3.8, 4) is 0 Å². The van der Waals surface area contributed by atoms with Crippen molar-refractivity contribution in [1.29, 1.82) is 5.41 Å². The van der Waals surface area contributed by atoms with Crippen LogP contribution in [0.3, 0.4) is 0 Å². The lowest BCUT2D eigenvalue weighted by Crippen LogP contribution is -2.74. The first kappa shape index (κ1) is 21.2. The van der Waals surface area contributed by atoms with Crippen molar-refractivity contribution in [2.45, 2.75) is 55.7 Å². The zero-order chi connectivity index (χ0) is 21.9. The highest BCUT2D eigenvalue weighted by Gasteiger charge is 2.65. The molecule has 164 valence electrons. The quantitative estimate of drug-likeness (QED) is 0.575. The van der Waals surface area contributed by atoms with E-state index in [1.54, 1.807) is 19.1 Å². The fourth-order valence-electron chi connectivity index (χ4n) is 4.64. The average Bonchev–Trinajstić information content (AvgIpc) is 2.68. The Morgan fingerprint density at radius 1 is 1.37 bits per heavy atom. The summed E-state index contributed by atoms with van der Waals surface area (Å²) >= 11 is 0. The summed E-state index contributed by atoms with van der Waals surface area (Å²) in [5, 5.41) is 11.8. The minimum absolute atomic E-state index is 0.0310. The molecule has 2 unspecified atom stereocenters. The maximum absolute atomic E-state index is 13.2. The molecule has 3 aliphatic heterocycles. The molecule has 0 spiro atoms. The van der Waals surface area contributed by atoms with Gasteiger partial charge in [0, 0.05) is 18.2 Å². The van der Waals surface area contributed by atoms with Gasteiger partial charge in [0.15, 0.2) is 11.5 Å². The molecule has 0 saturated carbocycles. The molecule has 1 aromatic carbocycles. The molecule has 30 heavy (non-hydrogen) atoms. The van der Waals surface area contributed by atoms with E-state index in [0.717, 1.165) is 24.5 Å². The highest BCUT2D eigenvalue weighted by Crippen LogP contribution is 2.53. The number of hydrogen-bond donors (Lipinski definition) is 3. The maximum Gasteiger partial charge on any atom is 0.418 e. The van der Waals surface area contributed by atoms with Crippen LogP contribution in [-0.4, -0.2) is 44.5 Å². The van der Waals surface area contributed by atoms with Crippen molar-refractivity contribution < 1.29 is 30.4 Å². The first-order chi connectivity index (χ1) is 14.0. The van der Waals surface area contributed by atoms with Crippen LogP contribution in [0.15, 0.2) is 34.2 Å². The summed E-state index contributed by atoms with van der Waals surface area (Å²) < 4.78 is 70.4. The third-order valence-corrected chi connectivity index (χ3v) is 8.02. The smallest absolute Gasteiger partial charge is 0.370 e. The predicted molar refractivity (Wildman–Crippen MR) is 106 cm³/mol. The summed E-state index contributed by atoms with van der Waals surface area (Å²) in [6.07, 6.45) is 3.32. The Bertz CT molecular complexity index is 1150. The van der Waals surface area contributed by atoms with Crippen molar-refractivity contribution in [2.75, 3.05) is 6.61 Å². The lowest BCUT2D eigenvalue weighted by Gasteiger charge is -2.59. The second-order valence-corrected chi connectivity index (χ2v) is 10.6. The molecule has 12 heteroatoms. The van der Waals surface area contributed by atoms with E-state index in [1.165, 1.54) is 6.07 Å². The summed E-state index contributed by atoms with van der Waals surface area (Å²) in [5.74, 6) is -0.542. The topological polar surface area (TPSA) is 146 Å². The number of benzene rings is 1. The van der Waals surface area contributed by atoms with E-state index in [0.29, 0.717) is 24.5 Å². The third kappa shape index (κ3) is 2.89. The van der Waals surface area contributed by atoms with E-state index in [2.05, 4.69) is 5.32 Å². The predicted octanol–water partition coefficient (Wildman–Crippen LogP) is 1.74. The molecule has 3 N–H and O–H groups in total. The molecule has 0 aromatic heterocycles. The highest BCUT2D eigenvalue weighted by atomic mass is 32.3. The highest BCUT2D eigenvalue weighted by molar-refractivity contribution is 7.95. The van der Waals surface area contributed by atoms with Gasteiger partial charge < -0.3 is 10.1 Å². The van der Waals surface area contributed by atoms with Gasteiger partial charge in [0.05, 0.1) is 4.90 Å². The van der Waals surface area contributed by atoms with Crippen LogP contribution >= 0.6 is 0 Å². The second kappa shape index (κ2) is 6.76. The van der Waals surface area contributed by atoms with Crippen LogP contribution in [0, 0.1) is 12.3 Å². The fraction of sp³-hybridized carbons (Fsp3) is 0.500.